The zero-order valence-corrected chi connectivity index (χ0v) is 13.2. The minimum absolute atomic E-state index is 0.0128. The second kappa shape index (κ2) is 6.64. The average Bonchev–Trinajstić information content (AvgIpc) is 2.60. The van der Waals surface area contributed by atoms with Crippen molar-refractivity contribution in [1.82, 2.24) is 9.97 Å². The molecular formula is C18H9F7N2. The number of benzene rings is 1. The van der Waals surface area contributed by atoms with Crippen LogP contribution >= 0.6 is 0 Å². The van der Waals surface area contributed by atoms with Crippen LogP contribution in [0.15, 0.2) is 55.0 Å². The number of pyridine rings is 2. The Balaban J connectivity index is 2.09. The first-order valence-electron chi connectivity index (χ1n) is 7.41. The van der Waals surface area contributed by atoms with Crippen molar-refractivity contribution >= 4 is 0 Å². The average molecular weight is 386 g/mol. The third-order valence-electron chi connectivity index (χ3n) is 3.72. The number of rotatable bonds is 2. The number of hydrogen-bond acceptors (Lipinski definition) is 2. The van der Waals surface area contributed by atoms with Crippen molar-refractivity contribution in [3.8, 4) is 22.4 Å². The van der Waals surface area contributed by atoms with E-state index in [0.29, 0.717) is 6.20 Å². The molecule has 3 aromatic rings. The van der Waals surface area contributed by atoms with E-state index in [4.69, 9.17) is 0 Å². The Bertz CT molecular complexity index is 961. The molecule has 0 spiro atoms. The Morgan fingerprint density at radius 1 is 0.741 bits per heavy atom. The fraction of sp³-hybridized carbons (Fsp3) is 0.111. The van der Waals surface area contributed by atoms with Crippen LogP contribution in [-0.2, 0) is 12.4 Å². The van der Waals surface area contributed by atoms with Crippen molar-refractivity contribution in [2.24, 2.45) is 0 Å². The SMILES string of the molecule is Fc1cc(-c2ccc(C(F)(F)F)cn2)cc(-c2cnccc2C(F)(F)F)c1. The van der Waals surface area contributed by atoms with E-state index in [2.05, 4.69) is 9.97 Å². The van der Waals surface area contributed by atoms with Gasteiger partial charge in [-0.1, -0.05) is 0 Å². The van der Waals surface area contributed by atoms with Gasteiger partial charge in [0.15, 0.2) is 0 Å². The molecule has 0 aliphatic rings. The first-order valence-corrected chi connectivity index (χ1v) is 7.41. The predicted molar refractivity (Wildman–Crippen MR) is 82.9 cm³/mol. The van der Waals surface area contributed by atoms with Crippen LogP contribution in [0.5, 0.6) is 0 Å². The summed E-state index contributed by atoms with van der Waals surface area (Å²) in [6.07, 6.45) is -6.79. The lowest BCUT2D eigenvalue weighted by atomic mass is 9.98. The van der Waals surface area contributed by atoms with Crippen LogP contribution in [0.3, 0.4) is 0 Å². The van der Waals surface area contributed by atoms with Crippen LogP contribution in [0.1, 0.15) is 11.1 Å². The summed E-state index contributed by atoms with van der Waals surface area (Å²) in [6.45, 7) is 0. The first-order chi connectivity index (χ1) is 12.6. The molecule has 0 radical (unpaired) electrons. The molecule has 1 aromatic carbocycles. The minimum Gasteiger partial charge on any atom is -0.264 e. The number of alkyl halides is 6. The van der Waals surface area contributed by atoms with Crippen LogP contribution in [0.25, 0.3) is 22.4 Å². The molecular weight excluding hydrogens is 377 g/mol. The summed E-state index contributed by atoms with van der Waals surface area (Å²) in [4.78, 5) is 7.28. The molecule has 0 aliphatic heterocycles. The second-order valence-corrected chi connectivity index (χ2v) is 5.58. The van der Waals surface area contributed by atoms with Crippen molar-refractivity contribution in [2.75, 3.05) is 0 Å². The smallest absolute Gasteiger partial charge is 0.264 e. The van der Waals surface area contributed by atoms with Gasteiger partial charge in [0.1, 0.15) is 5.82 Å². The molecule has 0 saturated carbocycles. The molecule has 2 nitrogen and oxygen atoms in total. The van der Waals surface area contributed by atoms with Gasteiger partial charge in [-0.25, -0.2) is 4.39 Å². The number of hydrogen-bond donors (Lipinski definition) is 0. The van der Waals surface area contributed by atoms with Crippen LogP contribution in [-0.4, -0.2) is 9.97 Å². The maximum Gasteiger partial charge on any atom is 0.417 e. The Morgan fingerprint density at radius 3 is 2.04 bits per heavy atom. The molecule has 0 saturated heterocycles. The van der Waals surface area contributed by atoms with Crippen LogP contribution < -0.4 is 0 Å². The summed E-state index contributed by atoms with van der Waals surface area (Å²) < 4.78 is 91.4. The monoisotopic (exact) mass is 386 g/mol. The highest BCUT2D eigenvalue weighted by Crippen LogP contribution is 2.38. The molecule has 3 rings (SSSR count). The standard InChI is InChI=1S/C18H9F7N2/c19-13-6-10(14-9-26-4-3-15(14)18(23,24)25)5-11(7-13)16-2-1-12(8-27-16)17(20,21)22/h1-9H. The van der Waals surface area contributed by atoms with Gasteiger partial charge in [-0.3, -0.25) is 9.97 Å². The minimum atomic E-state index is -4.68. The van der Waals surface area contributed by atoms with Crippen molar-refractivity contribution in [2.45, 2.75) is 12.4 Å². The predicted octanol–water partition coefficient (Wildman–Crippen LogP) is 5.99. The third kappa shape index (κ3) is 4.07. The second-order valence-electron chi connectivity index (χ2n) is 5.58. The zero-order valence-electron chi connectivity index (χ0n) is 13.2. The van der Waals surface area contributed by atoms with Gasteiger partial charge in [0.05, 0.1) is 16.8 Å². The molecule has 27 heavy (non-hydrogen) atoms. The molecule has 0 bridgehead atoms. The molecule has 2 aromatic heterocycles. The summed E-state index contributed by atoms with van der Waals surface area (Å²) in [5.41, 5.74) is -2.44. The van der Waals surface area contributed by atoms with Crippen LogP contribution in [0.2, 0.25) is 0 Å². The fourth-order valence-electron chi connectivity index (χ4n) is 2.50. The summed E-state index contributed by atoms with van der Waals surface area (Å²) in [5, 5.41) is 0. The van der Waals surface area contributed by atoms with Crippen molar-refractivity contribution in [1.29, 1.82) is 0 Å². The van der Waals surface area contributed by atoms with Crippen molar-refractivity contribution in [3.63, 3.8) is 0 Å². The molecule has 0 amide bonds. The van der Waals surface area contributed by atoms with E-state index < -0.39 is 29.3 Å². The molecule has 2 heterocycles. The van der Waals surface area contributed by atoms with Gasteiger partial charge in [0, 0.05) is 29.7 Å². The topological polar surface area (TPSA) is 25.8 Å². The highest BCUT2D eigenvalue weighted by atomic mass is 19.4. The van der Waals surface area contributed by atoms with E-state index in [0.717, 1.165) is 42.7 Å². The maximum absolute atomic E-state index is 14.0. The molecule has 0 fully saturated rings. The van der Waals surface area contributed by atoms with Gasteiger partial charge in [0.25, 0.3) is 0 Å². The Kier molecular flexibility index (Phi) is 4.63. The summed E-state index contributed by atoms with van der Waals surface area (Å²) in [5.74, 6) is -0.860. The van der Waals surface area contributed by atoms with Gasteiger partial charge in [0.2, 0.25) is 0 Å². The van der Waals surface area contributed by atoms with E-state index in [-0.39, 0.29) is 22.4 Å². The lowest BCUT2D eigenvalue weighted by Gasteiger charge is -2.13. The van der Waals surface area contributed by atoms with Crippen LogP contribution in [0, 0.1) is 5.82 Å². The van der Waals surface area contributed by atoms with Gasteiger partial charge in [-0.2, -0.15) is 26.3 Å². The quantitative estimate of drug-likeness (QED) is 0.506. The number of nitrogens with zero attached hydrogens (tertiary/aromatic N) is 2. The molecule has 9 heteroatoms. The molecule has 0 N–H and O–H groups in total. The largest absolute Gasteiger partial charge is 0.417 e. The van der Waals surface area contributed by atoms with E-state index in [1.807, 2.05) is 0 Å². The normalized spacial score (nSPS) is 12.3. The fourth-order valence-corrected chi connectivity index (χ4v) is 2.50. The molecule has 0 aliphatic carbocycles. The van der Waals surface area contributed by atoms with Gasteiger partial charge in [-0.05, 0) is 42.0 Å². The number of aromatic nitrogens is 2. The third-order valence-corrected chi connectivity index (χ3v) is 3.72. The summed E-state index contributed by atoms with van der Waals surface area (Å²) in [7, 11) is 0. The van der Waals surface area contributed by atoms with Gasteiger partial charge >= 0.3 is 12.4 Å². The summed E-state index contributed by atoms with van der Waals surface area (Å²) in [6, 6.07) is 5.62. The lowest BCUT2D eigenvalue weighted by Crippen LogP contribution is -2.07. The van der Waals surface area contributed by atoms with E-state index in [1.54, 1.807) is 0 Å². The van der Waals surface area contributed by atoms with Crippen molar-refractivity contribution < 1.29 is 30.7 Å². The van der Waals surface area contributed by atoms with E-state index in [9.17, 15) is 30.7 Å². The molecule has 0 unspecified atom stereocenters. The Hall–Kier alpha value is -2.97. The first kappa shape index (κ1) is 18.8. The molecule has 140 valence electrons. The highest BCUT2D eigenvalue weighted by Gasteiger charge is 2.34. The van der Waals surface area contributed by atoms with Gasteiger partial charge in [-0.15, -0.1) is 0 Å². The van der Waals surface area contributed by atoms with Gasteiger partial charge < -0.3 is 0 Å². The van der Waals surface area contributed by atoms with E-state index >= 15 is 0 Å². The summed E-state index contributed by atoms with van der Waals surface area (Å²) >= 11 is 0. The maximum atomic E-state index is 14.0. The van der Waals surface area contributed by atoms with E-state index in [1.165, 1.54) is 6.07 Å². The number of halogens is 7. The Labute approximate surface area is 148 Å². The Morgan fingerprint density at radius 2 is 1.44 bits per heavy atom. The lowest BCUT2D eigenvalue weighted by molar-refractivity contribution is -0.138. The van der Waals surface area contributed by atoms with Crippen LogP contribution in [0.4, 0.5) is 30.7 Å². The van der Waals surface area contributed by atoms with Crippen molar-refractivity contribution in [3.05, 3.63) is 71.9 Å². The molecule has 0 atom stereocenters. The highest BCUT2D eigenvalue weighted by molar-refractivity contribution is 5.73. The zero-order chi connectivity index (χ0) is 19.8.